The van der Waals surface area contributed by atoms with Gasteiger partial charge in [0.05, 0.1) is 6.10 Å². The van der Waals surface area contributed by atoms with Crippen molar-refractivity contribution in [3.8, 4) is 5.69 Å². The molecule has 0 saturated heterocycles. The number of aliphatic hydroxyl groups excluding tert-OH is 1. The predicted molar refractivity (Wildman–Crippen MR) is 79.2 cm³/mol. The van der Waals surface area contributed by atoms with Crippen LogP contribution in [-0.4, -0.2) is 45.4 Å². The van der Waals surface area contributed by atoms with E-state index in [2.05, 4.69) is 5.10 Å². The first kappa shape index (κ1) is 14.7. The lowest BCUT2D eigenvalue weighted by Crippen LogP contribution is -2.35. The molecule has 0 spiro atoms. The molecule has 1 fully saturated rings. The van der Waals surface area contributed by atoms with E-state index < -0.39 is 11.9 Å². The molecule has 1 aromatic heterocycles. The van der Waals surface area contributed by atoms with Gasteiger partial charge in [0, 0.05) is 19.8 Å². The van der Waals surface area contributed by atoms with E-state index >= 15 is 0 Å². The highest BCUT2D eigenvalue weighted by atomic mass is 19.1. The maximum absolute atomic E-state index is 13.7. The molecule has 0 radical (unpaired) electrons. The number of para-hydroxylation sites is 1. The molecule has 116 valence electrons. The minimum atomic E-state index is -0.484. The Bertz CT molecular complexity index is 682. The maximum atomic E-state index is 13.7. The molecule has 1 aromatic carbocycles. The zero-order valence-corrected chi connectivity index (χ0v) is 12.3. The molecule has 5 nitrogen and oxygen atoms in total. The molecule has 1 unspecified atom stereocenters. The Hall–Kier alpha value is -2.21. The second-order valence-corrected chi connectivity index (χ2v) is 5.69. The van der Waals surface area contributed by atoms with E-state index in [0.29, 0.717) is 11.6 Å². The lowest BCUT2D eigenvalue weighted by atomic mass is 10.2. The minimum Gasteiger partial charge on any atom is -0.391 e. The number of rotatable bonds is 5. The van der Waals surface area contributed by atoms with Crippen molar-refractivity contribution in [1.29, 1.82) is 0 Å². The fraction of sp³-hybridized carbons (Fsp3) is 0.375. The summed E-state index contributed by atoms with van der Waals surface area (Å²) in [6.07, 6.45) is 3.11. The van der Waals surface area contributed by atoms with Crippen molar-refractivity contribution in [1.82, 2.24) is 14.7 Å². The zero-order valence-electron chi connectivity index (χ0n) is 12.3. The Morgan fingerprint density at radius 1 is 1.45 bits per heavy atom. The van der Waals surface area contributed by atoms with Gasteiger partial charge in [0.25, 0.3) is 5.91 Å². The molecular formula is C16H18FN3O2. The van der Waals surface area contributed by atoms with Gasteiger partial charge in [0.2, 0.25) is 0 Å². The smallest absolute Gasteiger partial charge is 0.274 e. The van der Waals surface area contributed by atoms with E-state index in [0.717, 1.165) is 12.8 Å². The van der Waals surface area contributed by atoms with Crippen LogP contribution in [-0.2, 0) is 0 Å². The van der Waals surface area contributed by atoms with E-state index in [4.69, 9.17) is 0 Å². The molecule has 1 atom stereocenters. The summed E-state index contributed by atoms with van der Waals surface area (Å²) in [5.74, 6) is -0.372. The predicted octanol–water partition coefficient (Wildman–Crippen LogP) is 1.85. The number of nitrogens with zero attached hydrogens (tertiary/aromatic N) is 3. The molecule has 1 aliphatic carbocycles. The first-order chi connectivity index (χ1) is 10.6. The van der Waals surface area contributed by atoms with Crippen LogP contribution in [0.4, 0.5) is 4.39 Å². The largest absolute Gasteiger partial charge is 0.391 e. The third-order valence-electron chi connectivity index (χ3n) is 3.88. The number of carbonyl (C=O) groups is 1. The number of aromatic nitrogens is 2. The Balaban J connectivity index is 1.72. The number of hydrogen-bond donors (Lipinski definition) is 1. The summed E-state index contributed by atoms with van der Waals surface area (Å²) in [6, 6.07) is 7.80. The normalized spacial score (nSPS) is 15.6. The van der Waals surface area contributed by atoms with Crippen molar-refractivity contribution in [2.24, 2.45) is 5.92 Å². The fourth-order valence-corrected chi connectivity index (χ4v) is 2.40. The summed E-state index contributed by atoms with van der Waals surface area (Å²) < 4.78 is 15.1. The molecule has 22 heavy (non-hydrogen) atoms. The molecule has 2 aromatic rings. The summed E-state index contributed by atoms with van der Waals surface area (Å²) in [7, 11) is 1.63. The van der Waals surface area contributed by atoms with Crippen LogP contribution in [0.1, 0.15) is 23.3 Å². The van der Waals surface area contributed by atoms with Gasteiger partial charge in [-0.05, 0) is 37.0 Å². The van der Waals surface area contributed by atoms with Crippen molar-refractivity contribution in [2.45, 2.75) is 18.9 Å². The monoisotopic (exact) mass is 303 g/mol. The molecule has 1 aliphatic rings. The minimum absolute atomic E-state index is 0.230. The molecule has 3 rings (SSSR count). The number of benzene rings is 1. The van der Waals surface area contributed by atoms with Crippen LogP contribution in [0.3, 0.4) is 0 Å². The van der Waals surface area contributed by atoms with E-state index in [1.807, 2.05) is 0 Å². The van der Waals surface area contributed by atoms with Crippen LogP contribution >= 0.6 is 0 Å². The number of carbonyl (C=O) groups excluding carboxylic acids is 1. The Kier molecular flexibility index (Phi) is 3.94. The molecule has 0 aliphatic heterocycles. The van der Waals surface area contributed by atoms with Crippen molar-refractivity contribution in [3.05, 3.63) is 48.0 Å². The average Bonchev–Trinajstić information content (AvgIpc) is 3.25. The number of hydrogen-bond acceptors (Lipinski definition) is 3. The van der Waals surface area contributed by atoms with Crippen LogP contribution in [0.15, 0.2) is 36.5 Å². The van der Waals surface area contributed by atoms with Crippen LogP contribution in [0, 0.1) is 11.7 Å². The Morgan fingerprint density at radius 2 is 2.18 bits per heavy atom. The number of halogens is 1. The maximum Gasteiger partial charge on any atom is 0.274 e. The van der Waals surface area contributed by atoms with Gasteiger partial charge in [-0.1, -0.05) is 12.1 Å². The van der Waals surface area contributed by atoms with Crippen LogP contribution in [0.5, 0.6) is 0 Å². The topological polar surface area (TPSA) is 58.4 Å². The van der Waals surface area contributed by atoms with Gasteiger partial charge < -0.3 is 10.0 Å². The lowest BCUT2D eigenvalue weighted by Gasteiger charge is -2.19. The van der Waals surface area contributed by atoms with Gasteiger partial charge in [-0.25, -0.2) is 9.07 Å². The highest BCUT2D eigenvalue weighted by Gasteiger charge is 2.31. The lowest BCUT2D eigenvalue weighted by molar-refractivity contribution is 0.0640. The first-order valence-corrected chi connectivity index (χ1v) is 7.30. The summed E-state index contributed by atoms with van der Waals surface area (Å²) >= 11 is 0. The van der Waals surface area contributed by atoms with Crippen LogP contribution in [0.25, 0.3) is 5.69 Å². The average molecular weight is 303 g/mol. The molecular weight excluding hydrogens is 285 g/mol. The third-order valence-corrected chi connectivity index (χ3v) is 3.88. The molecule has 1 saturated carbocycles. The van der Waals surface area contributed by atoms with E-state index in [9.17, 15) is 14.3 Å². The number of amides is 1. The molecule has 1 N–H and O–H groups in total. The number of likely N-dealkylation sites (N-methyl/N-ethyl adjacent to an activating group) is 1. The van der Waals surface area contributed by atoms with Crippen LogP contribution in [0.2, 0.25) is 0 Å². The quantitative estimate of drug-likeness (QED) is 0.917. The van der Waals surface area contributed by atoms with E-state index in [1.54, 1.807) is 37.5 Å². The molecule has 1 heterocycles. The SMILES string of the molecule is CN(CC(O)C1CC1)C(=O)c1ccn(-c2ccccc2F)n1. The van der Waals surface area contributed by atoms with E-state index in [-0.39, 0.29) is 18.1 Å². The zero-order chi connectivity index (χ0) is 15.7. The van der Waals surface area contributed by atoms with Crippen molar-refractivity contribution in [3.63, 3.8) is 0 Å². The van der Waals surface area contributed by atoms with Gasteiger partial charge in [0.15, 0.2) is 5.69 Å². The molecule has 0 bridgehead atoms. The van der Waals surface area contributed by atoms with Gasteiger partial charge in [-0.3, -0.25) is 4.79 Å². The summed E-state index contributed by atoms with van der Waals surface area (Å²) in [5.41, 5.74) is 0.524. The van der Waals surface area contributed by atoms with Gasteiger partial charge in [-0.2, -0.15) is 5.10 Å². The first-order valence-electron chi connectivity index (χ1n) is 7.30. The summed E-state index contributed by atoms with van der Waals surface area (Å²) in [4.78, 5) is 13.8. The van der Waals surface area contributed by atoms with Gasteiger partial charge >= 0.3 is 0 Å². The second-order valence-electron chi connectivity index (χ2n) is 5.69. The van der Waals surface area contributed by atoms with Gasteiger partial charge in [-0.15, -0.1) is 0 Å². The van der Waals surface area contributed by atoms with Crippen molar-refractivity contribution < 1.29 is 14.3 Å². The molecule has 1 amide bonds. The highest BCUT2D eigenvalue weighted by molar-refractivity contribution is 5.92. The standard InChI is InChI=1S/C16H18FN3O2/c1-19(10-15(21)11-6-7-11)16(22)13-8-9-20(18-13)14-5-3-2-4-12(14)17/h2-5,8-9,11,15,21H,6-7,10H2,1H3. The third kappa shape index (κ3) is 3.01. The van der Waals surface area contributed by atoms with Crippen molar-refractivity contribution >= 4 is 5.91 Å². The van der Waals surface area contributed by atoms with Gasteiger partial charge in [0.1, 0.15) is 11.5 Å². The highest BCUT2D eigenvalue weighted by Crippen LogP contribution is 2.32. The Morgan fingerprint density at radius 3 is 2.86 bits per heavy atom. The van der Waals surface area contributed by atoms with Crippen LogP contribution < -0.4 is 0 Å². The fourth-order valence-electron chi connectivity index (χ4n) is 2.40. The number of aliphatic hydroxyl groups is 1. The Labute approximate surface area is 128 Å². The van der Waals surface area contributed by atoms with Crippen molar-refractivity contribution in [2.75, 3.05) is 13.6 Å². The second kappa shape index (κ2) is 5.88. The summed E-state index contributed by atoms with van der Waals surface area (Å²) in [5, 5.41) is 14.0. The molecule has 6 heteroatoms. The summed E-state index contributed by atoms with van der Waals surface area (Å²) in [6.45, 7) is 0.288. The van der Waals surface area contributed by atoms with E-state index in [1.165, 1.54) is 15.6 Å².